The number of rotatable bonds is 1. The van der Waals surface area contributed by atoms with E-state index in [1.54, 1.807) is 0 Å². The largest absolute Gasteiger partial charge is 0.382 e. The second-order valence-electron chi connectivity index (χ2n) is 4.34. The first-order chi connectivity index (χ1) is 7.25. The van der Waals surface area contributed by atoms with Crippen LogP contribution in [0, 0.1) is 5.92 Å². The van der Waals surface area contributed by atoms with Crippen LogP contribution in [0.5, 0.6) is 0 Å². The van der Waals surface area contributed by atoms with E-state index in [-0.39, 0.29) is 0 Å². The van der Waals surface area contributed by atoms with Crippen LogP contribution in [-0.2, 0) is 0 Å². The number of nitrogens with two attached hydrogens (primary N) is 1. The van der Waals surface area contributed by atoms with E-state index >= 15 is 0 Å². The molecule has 0 bridgehead atoms. The highest BCUT2D eigenvalue weighted by Gasteiger charge is 2.14. The van der Waals surface area contributed by atoms with Crippen molar-refractivity contribution in [2.75, 3.05) is 23.7 Å². The standard InChI is InChI=1S/C11H18N4/c1-9-3-2-7-15(8-6-9)11-5-4-10(12)13-14-11/h4-5,9H,2-3,6-8H2,1H3,(H2,12,13). The predicted octanol–water partition coefficient (Wildman–Crippen LogP) is 1.69. The van der Waals surface area contributed by atoms with Gasteiger partial charge in [0.2, 0.25) is 0 Å². The lowest BCUT2D eigenvalue weighted by Gasteiger charge is -2.20. The lowest BCUT2D eigenvalue weighted by Crippen LogP contribution is -2.25. The Morgan fingerprint density at radius 1 is 1.27 bits per heavy atom. The highest BCUT2D eigenvalue weighted by molar-refractivity contribution is 5.41. The van der Waals surface area contributed by atoms with Gasteiger partial charge in [-0.2, -0.15) is 0 Å². The van der Waals surface area contributed by atoms with E-state index < -0.39 is 0 Å². The number of hydrogen-bond donors (Lipinski definition) is 1. The zero-order chi connectivity index (χ0) is 10.7. The molecule has 1 atom stereocenters. The van der Waals surface area contributed by atoms with E-state index in [4.69, 9.17) is 5.73 Å². The van der Waals surface area contributed by atoms with Gasteiger partial charge < -0.3 is 10.6 Å². The third-order valence-electron chi connectivity index (χ3n) is 3.01. The Bertz CT molecular complexity index is 309. The van der Waals surface area contributed by atoms with Gasteiger partial charge in [0.15, 0.2) is 5.82 Å². The Balaban J connectivity index is 2.06. The second kappa shape index (κ2) is 4.47. The van der Waals surface area contributed by atoms with Gasteiger partial charge in [0.25, 0.3) is 0 Å². The normalized spacial score (nSPS) is 22.5. The third-order valence-corrected chi connectivity index (χ3v) is 3.01. The Hall–Kier alpha value is -1.32. The Labute approximate surface area is 90.5 Å². The molecular formula is C11H18N4. The molecule has 1 saturated heterocycles. The SMILES string of the molecule is CC1CCCN(c2ccc(N)nn2)CC1. The van der Waals surface area contributed by atoms with Crippen LogP contribution in [0.2, 0.25) is 0 Å². The van der Waals surface area contributed by atoms with Gasteiger partial charge in [-0.3, -0.25) is 0 Å². The van der Waals surface area contributed by atoms with Crippen molar-refractivity contribution in [3.63, 3.8) is 0 Å². The van der Waals surface area contributed by atoms with Crippen LogP contribution in [-0.4, -0.2) is 23.3 Å². The van der Waals surface area contributed by atoms with Crippen molar-refractivity contribution in [1.82, 2.24) is 10.2 Å². The summed E-state index contributed by atoms with van der Waals surface area (Å²) in [6.07, 6.45) is 3.80. The Morgan fingerprint density at radius 3 is 2.87 bits per heavy atom. The van der Waals surface area contributed by atoms with Crippen LogP contribution in [0.1, 0.15) is 26.2 Å². The summed E-state index contributed by atoms with van der Waals surface area (Å²) in [5, 5.41) is 8.01. The first kappa shape index (κ1) is 10.2. The molecule has 0 amide bonds. The summed E-state index contributed by atoms with van der Waals surface area (Å²) in [7, 11) is 0. The van der Waals surface area contributed by atoms with Crippen molar-refractivity contribution < 1.29 is 0 Å². The predicted molar refractivity (Wildman–Crippen MR) is 61.7 cm³/mol. The number of aromatic nitrogens is 2. The summed E-state index contributed by atoms with van der Waals surface area (Å²) in [6.45, 7) is 4.49. The first-order valence-electron chi connectivity index (χ1n) is 5.60. The van der Waals surface area contributed by atoms with Crippen LogP contribution in [0.4, 0.5) is 11.6 Å². The topological polar surface area (TPSA) is 55.0 Å². The molecule has 2 N–H and O–H groups in total. The lowest BCUT2D eigenvalue weighted by atomic mass is 10.0. The van der Waals surface area contributed by atoms with Gasteiger partial charge in [0.05, 0.1) is 0 Å². The summed E-state index contributed by atoms with van der Waals surface area (Å²) >= 11 is 0. The van der Waals surface area contributed by atoms with Gasteiger partial charge in [0.1, 0.15) is 5.82 Å². The van der Waals surface area contributed by atoms with E-state index in [0.717, 1.165) is 24.8 Å². The monoisotopic (exact) mass is 206 g/mol. The lowest BCUT2D eigenvalue weighted by molar-refractivity contribution is 0.521. The highest BCUT2D eigenvalue weighted by Crippen LogP contribution is 2.20. The molecule has 82 valence electrons. The van der Waals surface area contributed by atoms with Crippen LogP contribution >= 0.6 is 0 Å². The van der Waals surface area contributed by atoms with Crippen LogP contribution in [0.15, 0.2) is 12.1 Å². The van der Waals surface area contributed by atoms with Crippen LogP contribution in [0.25, 0.3) is 0 Å². The molecule has 0 spiro atoms. The molecule has 1 unspecified atom stereocenters. The molecule has 2 rings (SSSR count). The van der Waals surface area contributed by atoms with Crippen molar-refractivity contribution in [1.29, 1.82) is 0 Å². The smallest absolute Gasteiger partial charge is 0.151 e. The molecule has 1 aliphatic heterocycles. The molecule has 1 fully saturated rings. The van der Waals surface area contributed by atoms with E-state index in [2.05, 4.69) is 22.0 Å². The van der Waals surface area contributed by atoms with E-state index in [0.29, 0.717) is 5.82 Å². The summed E-state index contributed by atoms with van der Waals surface area (Å²) in [5.41, 5.74) is 5.52. The van der Waals surface area contributed by atoms with Crippen molar-refractivity contribution in [2.45, 2.75) is 26.2 Å². The molecule has 4 nitrogen and oxygen atoms in total. The second-order valence-corrected chi connectivity index (χ2v) is 4.34. The molecule has 1 aromatic heterocycles. The zero-order valence-corrected chi connectivity index (χ0v) is 9.19. The van der Waals surface area contributed by atoms with E-state index in [1.165, 1.54) is 19.3 Å². The molecule has 15 heavy (non-hydrogen) atoms. The van der Waals surface area contributed by atoms with Crippen molar-refractivity contribution in [3.8, 4) is 0 Å². The molecule has 1 aromatic rings. The molecule has 2 heterocycles. The van der Waals surface area contributed by atoms with Crippen molar-refractivity contribution in [2.24, 2.45) is 5.92 Å². The van der Waals surface area contributed by atoms with Gasteiger partial charge in [-0.25, -0.2) is 0 Å². The van der Waals surface area contributed by atoms with Gasteiger partial charge in [-0.05, 0) is 37.3 Å². The summed E-state index contributed by atoms with van der Waals surface area (Å²) in [5.74, 6) is 2.27. The van der Waals surface area contributed by atoms with Crippen LogP contribution < -0.4 is 10.6 Å². The molecule has 4 heteroatoms. The number of hydrogen-bond acceptors (Lipinski definition) is 4. The minimum atomic E-state index is 0.488. The first-order valence-corrected chi connectivity index (χ1v) is 5.60. The molecule has 0 radical (unpaired) electrons. The molecule has 0 aromatic carbocycles. The van der Waals surface area contributed by atoms with Gasteiger partial charge in [0, 0.05) is 13.1 Å². The molecule has 1 aliphatic rings. The maximum absolute atomic E-state index is 5.52. The molecule has 0 saturated carbocycles. The van der Waals surface area contributed by atoms with Crippen molar-refractivity contribution >= 4 is 11.6 Å². The molecular weight excluding hydrogens is 188 g/mol. The fraction of sp³-hybridized carbons (Fsp3) is 0.636. The maximum Gasteiger partial charge on any atom is 0.151 e. The fourth-order valence-corrected chi connectivity index (χ4v) is 2.00. The Kier molecular flexibility index (Phi) is 3.04. The van der Waals surface area contributed by atoms with Gasteiger partial charge >= 0.3 is 0 Å². The van der Waals surface area contributed by atoms with Gasteiger partial charge in [-0.15, -0.1) is 10.2 Å². The minimum Gasteiger partial charge on any atom is -0.382 e. The average molecular weight is 206 g/mol. The zero-order valence-electron chi connectivity index (χ0n) is 9.19. The number of anilines is 2. The third kappa shape index (κ3) is 2.58. The highest BCUT2D eigenvalue weighted by atomic mass is 15.3. The van der Waals surface area contributed by atoms with E-state index in [1.807, 2.05) is 12.1 Å². The maximum atomic E-state index is 5.52. The van der Waals surface area contributed by atoms with Gasteiger partial charge in [-0.1, -0.05) is 6.92 Å². The summed E-state index contributed by atoms with van der Waals surface area (Å²) in [6, 6.07) is 3.77. The van der Waals surface area contributed by atoms with Crippen LogP contribution in [0.3, 0.4) is 0 Å². The van der Waals surface area contributed by atoms with Crippen molar-refractivity contribution in [3.05, 3.63) is 12.1 Å². The summed E-state index contributed by atoms with van der Waals surface area (Å²) < 4.78 is 0. The molecule has 0 aliphatic carbocycles. The Morgan fingerprint density at radius 2 is 2.13 bits per heavy atom. The minimum absolute atomic E-state index is 0.488. The number of nitrogen functional groups attached to an aromatic ring is 1. The van der Waals surface area contributed by atoms with E-state index in [9.17, 15) is 0 Å². The summed E-state index contributed by atoms with van der Waals surface area (Å²) in [4.78, 5) is 2.30. The fourth-order valence-electron chi connectivity index (χ4n) is 2.00. The quantitative estimate of drug-likeness (QED) is 0.759. The number of nitrogens with zero attached hydrogens (tertiary/aromatic N) is 3. The average Bonchev–Trinajstić information content (AvgIpc) is 2.44.